The molecule has 0 saturated carbocycles. The van der Waals surface area contributed by atoms with Crippen LogP contribution in [0.3, 0.4) is 0 Å². The maximum absolute atomic E-state index is 14.4. The van der Waals surface area contributed by atoms with Crippen LogP contribution < -0.4 is 9.04 Å². The number of nitrogens with zero attached hydrogens (tertiary/aromatic N) is 1. The Bertz CT molecular complexity index is 946. The summed E-state index contributed by atoms with van der Waals surface area (Å²) in [7, 11) is 0. The zero-order valence-corrected chi connectivity index (χ0v) is 18.6. The molecule has 1 saturated heterocycles. The summed E-state index contributed by atoms with van der Waals surface area (Å²) in [6.45, 7) is 6.07. The van der Waals surface area contributed by atoms with Gasteiger partial charge < -0.3 is 13.8 Å². The number of hydrogen-bond acceptors (Lipinski definition) is 5. The number of Topliss-reactive ketones (excluding diaryl/α,β-unsaturated/α-hetero) is 1. The van der Waals surface area contributed by atoms with Gasteiger partial charge in [-0.3, -0.25) is 4.79 Å². The van der Waals surface area contributed by atoms with Crippen molar-refractivity contribution in [1.82, 2.24) is 0 Å². The summed E-state index contributed by atoms with van der Waals surface area (Å²) in [5, 5.41) is 0. The molecule has 1 unspecified atom stereocenters. The lowest BCUT2D eigenvalue weighted by atomic mass is 9.87. The molecule has 1 fully saturated rings. The van der Waals surface area contributed by atoms with Gasteiger partial charge in [0.15, 0.2) is 5.78 Å². The highest BCUT2D eigenvalue weighted by Crippen LogP contribution is 2.38. The predicted octanol–water partition coefficient (Wildman–Crippen LogP) is 5.89. The number of rotatable bonds is 6. The standard InChI is InChI=1S/C24H27F2NO3S/c1-15(2)14-27(21-5-3-17(25)11-20(21)26)31-18-4-6-23-19(12-18)22(28)13-24(30-23)16-7-9-29-10-8-16/h3-6,11-12,15-16,24H,7-10,13-14H2,1-2H3. The number of carbonyl (C=O) groups excluding carboxylic acids is 1. The van der Waals surface area contributed by atoms with Crippen LogP contribution in [0, 0.1) is 23.5 Å². The first-order valence-corrected chi connectivity index (χ1v) is 11.5. The average Bonchev–Trinajstić information content (AvgIpc) is 2.74. The van der Waals surface area contributed by atoms with Crippen LogP contribution in [-0.2, 0) is 4.74 Å². The minimum Gasteiger partial charge on any atom is -0.489 e. The van der Waals surface area contributed by atoms with Crippen molar-refractivity contribution in [2.45, 2.75) is 44.1 Å². The van der Waals surface area contributed by atoms with E-state index >= 15 is 0 Å². The van der Waals surface area contributed by atoms with Crippen molar-refractivity contribution >= 4 is 23.4 Å². The highest BCUT2D eigenvalue weighted by Gasteiger charge is 2.33. The SMILES string of the molecule is CC(C)CN(Sc1ccc2c(c1)C(=O)CC(C1CCOCC1)O2)c1ccc(F)cc1F. The quantitative estimate of drug-likeness (QED) is 0.516. The van der Waals surface area contributed by atoms with Gasteiger partial charge in [0.1, 0.15) is 23.5 Å². The van der Waals surface area contributed by atoms with Gasteiger partial charge in [0.05, 0.1) is 11.3 Å². The molecule has 2 aliphatic rings. The lowest BCUT2D eigenvalue weighted by molar-refractivity contribution is 0.0119. The number of anilines is 1. The molecule has 2 heterocycles. The van der Waals surface area contributed by atoms with Crippen LogP contribution in [0.4, 0.5) is 14.5 Å². The summed E-state index contributed by atoms with van der Waals surface area (Å²) < 4.78 is 41.2. The molecule has 0 bridgehead atoms. The molecule has 0 spiro atoms. The Balaban J connectivity index is 1.54. The first kappa shape index (κ1) is 22.1. The average molecular weight is 448 g/mol. The second-order valence-electron chi connectivity index (χ2n) is 8.53. The fourth-order valence-corrected chi connectivity index (χ4v) is 5.23. The Kier molecular flexibility index (Phi) is 6.82. The van der Waals surface area contributed by atoms with Crippen molar-refractivity contribution in [2.24, 2.45) is 11.8 Å². The van der Waals surface area contributed by atoms with Crippen molar-refractivity contribution < 1.29 is 23.0 Å². The third-order valence-corrected chi connectivity index (χ3v) is 6.66. The van der Waals surface area contributed by atoms with E-state index in [2.05, 4.69) is 0 Å². The Labute approximate surface area is 186 Å². The minimum absolute atomic E-state index is 0.0727. The summed E-state index contributed by atoms with van der Waals surface area (Å²) in [4.78, 5) is 13.7. The molecule has 7 heteroatoms. The van der Waals surface area contributed by atoms with Gasteiger partial charge in [0.25, 0.3) is 0 Å². The van der Waals surface area contributed by atoms with Crippen LogP contribution >= 0.6 is 11.9 Å². The fraction of sp³-hybridized carbons (Fsp3) is 0.458. The first-order valence-electron chi connectivity index (χ1n) is 10.7. The number of fused-ring (bicyclic) bond motifs is 1. The Morgan fingerprint density at radius 1 is 1.13 bits per heavy atom. The molecule has 31 heavy (non-hydrogen) atoms. The number of ketones is 1. The lowest BCUT2D eigenvalue weighted by Crippen LogP contribution is -2.36. The zero-order valence-electron chi connectivity index (χ0n) is 17.8. The summed E-state index contributed by atoms with van der Waals surface area (Å²) in [5.41, 5.74) is 0.886. The Morgan fingerprint density at radius 2 is 1.90 bits per heavy atom. The molecule has 0 amide bonds. The summed E-state index contributed by atoms with van der Waals surface area (Å²) in [6.07, 6.45) is 2.09. The molecule has 2 aliphatic heterocycles. The normalized spacial score (nSPS) is 19.3. The number of carbonyl (C=O) groups is 1. The monoisotopic (exact) mass is 447 g/mol. The molecule has 0 radical (unpaired) electrons. The van der Waals surface area contributed by atoms with E-state index in [1.807, 2.05) is 32.0 Å². The summed E-state index contributed by atoms with van der Waals surface area (Å²) >= 11 is 1.34. The highest BCUT2D eigenvalue weighted by molar-refractivity contribution is 8.00. The second-order valence-corrected chi connectivity index (χ2v) is 9.63. The third-order valence-electron chi connectivity index (χ3n) is 5.63. The molecule has 0 N–H and O–H groups in total. The van der Waals surface area contributed by atoms with Crippen LogP contribution in [0.15, 0.2) is 41.3 Å². The van der Waals surface area contributed by atoms with Gasteiger partial charge in [-0.1, -0.05) is 13.8 Å². The van der Waals surface area contributed by atoms with Gasteiger partial charge in [-0.05, 0) is 61.0 Å². The molecule has 2 aromatic carbocycles. The van der Waals surface area contributed by atoms with E-state index in [-0.39, 0.29) is 17.8 Å². The topological polar surface area (TPSA) is 38.8 Å². The van der Waals surface area contributed by atoms with Crippen LogP contribution in [0.1, 0.15) is 43.5 Å². The van der Waals surface area contributed by atoms with Gasteiger partial charge >= 0.3 is 0 Å². The molecule has 4 rings (SSSR count). The van der Waals surface area contributed by atoms with Gasteiger partial charge in [-0.15, -0.1) is 0 Å². The van der Waals surface area contributed by atoms with Crippen LogP contribution in [0.25, 0.3) is 0 Å². The third kappa shape index (κ3) is 5.21. The molecule has 1 atom stereocenters. The minimum atomic E-state index is -0.607. The Morgan fingerprint density at radius 3 is 2.61 bits per heavy atom. The van der Waals surface area contributed by atoms with E-state index in [1.54, 1.807) is 4.31 Å². The van der Waals surface area contributed by atoms with Gasteiger partial charge in [0.2, 0.25) is 0 Å². The smallest absolute Gasteiger partial charge is 0.170 e. The van der Waals surface area contributed by atoms with Gasteiger partial charge in [-0.2, -0.15) is 0 Å². The number of ether oxygens (including phenoxy) is 2. The number of benzene rings is 2. The van der Waals surface area contributed by atoms with Gasteiger partial charge in [-0.25, -0.2) is 8.78 Å². The molecular weight excluding hydrogens is 420 g/mol. The maximum atomic E-state index is 14.4. The van der Waals surface area contributed by atoms with Crippen LogP contribution in [-0.4, -0.2) is 31.6 Å². The van der Waals surface area contributed by atoms with E-state index in [0.29, 0.717) is 49.1 Å². The van der Waals surface area contributed by atoms with Crippen molar-refractivity contribution in [3.8, 4) is 5.75 Å². The second kappa shape index (κ2) is 9.57. The summed E-state index contributed by atoms with van der Waals surface area (Å²) in [5.74, 6) is 0.0721. The van der Waals surface area contributed by atoms with E-state index < -0.39 is 11.6 Å². The van der Waals surface area contributed by atoms with Crippen molar-refractivity contribution in [1.29, 1.82) is 0 Å². The van der Waals surface area contributed by atoms with Crippen molar-refractivity contribution in [3.63, 3.8) is 0 Å². The van der Waals surface area contributed by atoms with E-state index in [1.165, 1.54) is 24.1 Å². The number of hydrogen-bond donors (Lipinski definition) is 0. The number of halogens is 2. The van der Waals surface area contributed by atoms with E-state index in [9.17, 15) is 13.6 Å². The largest absolute Gasteiger partial charge is 0.489 e. The highest BCUT2D eigenvalue weighted by atomic mass is 32.2. The van der Waals surface area contributed by atoms with Gasteiger partial charge in [0, 0.05) is 43.1 Å². The van der Waals surface area contributed by atoms with Crippen molar-refractivity contribution in [2.75, 3.05) is 24.1 Å². The molecule has 0 aromatic heterocycles. The molecule has 166 valence electrons. The van der Waals surface area contributed by atoms with Crippen molar-refractivity contribution in [3.05, 3.63) is 53.6 Å². The molecule has 0 aliphatic carbocycles. The zero-order chi connectivity index (χ0) is 22.0. The van der Waals surface area contributed by atoms with E-state index in [4.69, 9.17) is 9.47 Å². The van der Waals surface area contributed by atoms with Crippen LogP contribution in [0.2, 0.25) is 0 Å². The predicted molar refractivity (Wildman–Crippen MR) is 118 cm³/mol. The fourth-order valence-electron chi connectivity index (χ4n) is 4.06. The Hall–Kier alpha value is -2.12. The molecule has 4 nitrogen and oxygen atoms in total. The van der Waals surface area contributed by atoms with E-state index in [0.717, 1.165) is 23.8 Å². The van der Waals surface area contributed by atoms with Crippen LogP contribution in [0.5, 0.6) is 5.75 Å². The molecule has 2 aromatic rings. The summed E-state index contributed by atoms with van der Waals surface area (Å²) in [6, 6.07) is 9.13. The molecular formula is C24H27F2NO3S. The lowest BCUT2D eigenvalue weighted by Gasteiger charge is -2.34. The maximum Gasteiger partial charge on any atom is 0.170 e. The first-order chi connectivity index (χ1) is 14.9.